The van der Waals surface area contributed by atoms with E-state index >= 15 is 0 Å². The van der Waals surface area contributed by atoms with Crippen LogP contribution in [0.25, 0.3) is 31.7 Å². The lowest BCUT2D eigenvalue weighted by molar-refractivity contribution is 0.0519. The predicted molar refractivity (Wildman–Crippen MR) is 375 cm³/mol. The summed E-state index contributed by atoms with van der Waals surface area (Å²) in [6, 6.07) is 14.6. The summed E-state index contributed by atoms with van der Waals surface area (Å²) in [4.78, 5) is 65.5. The lowest BCUT2D eigenvalue weighted by atomic mass is 10.1. The van der Waals surface area contributed by atoms with Crippen molar-refractivity contribution < 1.29 is 54.9 Å². The minimum atomic E-state index is -4.17. The first kappa shape index (κ1) is 75.5. The Morgan fingerprint density at radius 1 is 0.642 bits per heavy atom. The number of fused-ring (bicyclic) bond motifs is 1. The summed E-state index contributed by atoms with van der Waals surface area (Å²) in [5.41, 5.74) is 2.75. The van der Waals surface area contributed by atoms with Crippen molar-refractivity contribution >= 4 is 168 Å². The smallest absolute Gasteiger partial charge is 0.347 e. The number of carbonyl (C=O) groups excluding carboxylic acids is 2. The summed E-state index contributed by atoms with van der Waals surface area (Å²) in [7, 11) is -11.9. The molecule has 1 aliphatic rings. The van der Waals surface area contributed by atoms with Crippen molar-refractivity contribution in [3.8, 4) is 49.0 Å². The van der Waals surface area contributed by atoms with E-state index in [4.69, 9.17) is 55.6 Å². The van der Waals surface area contributed by atoms with Crippen molar-refractivity contribution in [2.75, 3.05) is 23.0 Å². The number of nitrogen functional groups attached to an aromatic ring is 1. The number of aromatic nitrogens is 6. The van der Waals surface area contributed by atoms with Crippen LogP contribution in [0.3, 0.4) is 0 Å². The van der Waals surface area contributed by atoms with E-state index in [0.717, 1.165) is 33.8 Å². The molecule has 0 atom stereocenters. The molecule has 510 valence electrons. The molecule has 0 spiro atoms. The number of anilines is 3. The molecule has 0 bridgehead atoms. The number of ether oxygens (including phenoxy) is 1. The zero-order valence-corrected chi connectivity index (χ0v) is 60.6. The Labute approximate surface area is 582 Å². The summed E-state index contributed by atoms with van der Waals surface area (Å²) in [5, 5.41) is 65.4. The number of esters is 1. The first-order valence-electron chi connectivity index (χ1n) is 28.0. The van der Waals surface area contributed by atoms with E-state index < -0.39 is 81.4 Å². The molecule has 39 heteroatoms. The van der Waals surface area contributed by atoms with Gasteiger partial charge in [-0.05, 0) is 96.5 Å². The number of amidine groups is 1. The van der Waals surface area contributed by atoms with E-state index in [1.807, 2.05) is 58.4 Å². The number of sulfonamides is 3. The molecular weight excluding hydrogens is 1480 g/mol. The molecule has 9 aromatic rings. The molecule has 0 aromatic carbocycles. The van der Waals surface area contributed by atoms with Gasteiger partial charge in [-0.3, -0.25) is 19.2 Å². The fraction of sp³-hybridized carbons (Fsp3) is 0.304. The van der Waals surface area contributed by atoms with E-state index in [-0.39, 0.29) is 91.5 Å². The number of nitrogens with one attached hydrogen (secondary N) is 2. The minimum Gasteiger partial charge on any atom is -0.505 e. The Morgan fingerprint density at radius 2 is 1.06 bits per heavy atom. The van der Waals surface area contributed by atoms with Crippen LogP contribution in [0.4, 0.5) is 17.1 Å². The quantitative estimate of drug-likeness (QED) is 0.0349. The monoisotopic (exact) mass is 1530 g/mol. The summed E-state index contributed by atoms with van der Waals surface area (Å²) in [5.74, 6) is -2.53. The number of halogens is 3. The van der Waals surface area contributed by atoms with Crippen LogP contribution in [-0.4, -0.2) is 94.2 Å². The van der Waals surface area contributed by atoms with Gasteiger partial charge in [-0.15, -0.1) is 72.4 Å². The Hall–Kier alpha value is -6.91. The number of thiophene rings is 6. The molecule has 1 aliphatic heterocycles. The topological polar surface area (TPSA) is 426 Å². The Balaban J connectivity index is 0.000000188. The fourth-order valence-corrected chi connectivity index (χ4v) is 17.5. The summed E-state index contributed by atoms with van der Waals surface area (Å²) in [6.07, 6.45) is 2.05. The number of nitrogens with zero attached hydrogens (tertiary/aromatic N) is 7. The predicted octanol–water partition coefficient (Wildman–Crippen LogP) is 10.9. The standard InChI is InChI=1S/C18H19ClN4O5S3.C18H17ClN4O4S3.C16H20N2O4S.C4H5ClN2O2S2/c1-9(2)5-6-23-17(26)13(15(24)14(22-23)11-4-3-7-29-11)16(25)21-10-8-12(19)30-18(10)31(20,27)28;1-9(2)5-6-23-17(25)13(15(24)14(21-23)11-4-3-7-28-11)16-20-10-8-12(19)29-18(10)30(26,27)22-16;1-4-22-16(21)12-14(19)13(11-6-5-9-23-11)17-18(15(12)20)8-7-10(2)3;5-3-1-2(6)4(10-3)11(7,8)9/h3-4,7-9,24H,5-6H2,1-2H3,(H,21,25)(H2,20,27,28);3-4,7-9,24H,5-6H2,1-2H3,(H,20,22);5-6,9-10,19H,4,7-8H2,1-3H3;1H,6H2,(H2,7,8,9). The largest absolute Gasteiger partial charge is 0.505 e. The van der Waals surface area contributed by atoms with Crippen molar-refractivity contribution in [2.24, 2.45) is 32.4 Å². The average Bonchev–Trinajstić information content (AvgIpc) is 1.75. The fourth-order valence-electron chi connectivity index (χ4n) is 8.28. The van der Waals surface area contributed by atoms with Crippen LogP contribution in [0.2, 0.25) is 13.0 Å². The van der Waals surface area contributed by atoms with Gasteiger partial charge in [0.15, 0.2) is 46.8 Å². The second-order valence-corrected chi connectivity index (χ2v) is 34.6. The Bertz CT molecular complexity index is 4850. The van der Waals surface area contributed by atoms with Crippen LogP contribution >= 0.6 is 103 Å². The van der Waals surface area contributed by atoms with Crippen molar-refractivity contribution in [2.45, 2.75) is 100.0 Å². The number of hydrogen-bond acceptors (Lipinski definition) is 26. The molecular formula is C56H61Cl3N12O15S9. The molecule has 1 amide bonds. The first-order chi connectivity index (χ1) is 44.5. The molecule has 0 fully saturated rings. The van der Waals surface area contributed by atoms with E-state index in [9.17, 15) is 64.5 Å². The molecule has 10 heterocycles. The van der Waals surface area contributed by atoms with Crippen LogP contribution in [0.5, 0.6) is 17.2 Å². The third-order valence-electron chi connectivity index (χ3n) is 12.8. The van der Waals surface area contributed by atoms with Gasteiger partial charge in [-0.1, -0.05) is 94.5 Å². The van der Waals surface area contributed by atoms with Gasteiger partial charge in [-0.25, -0.2) is 46.0 Å². The Morgan fingerprint density at radius 3 is 1.47 bits per heavy atom. The van der Waals surface area contributed by atoms with Gasteiger partial charge in [0, 0.05) is 19.6 Å². The summed E-state index contributed by atoms with van der Waals surface area (Å²) in [6.45, 7) is 14.8. The molecule has 0 unspecified atom stereocenters. The van der Waals surface area contributed by atoms with Gasteiger partial charge in [0.25, 0.3) is 32.6 Å². The second-order valence-electron chi connectivity index (χ2n) is 21.4. The molecule has 0 aliphatic carbocycles. The van der Waals surface area contributed by atoms with Crippen molar-refractivity contribution in [3.63, 3.8) is 0 Å². The number of amides is 1. The highest BCUT2D eigenvalue weighted by Gasteiger charge is 2.34. The van der Waals surface area contributed by atoms with E-state index in [1.54, 1.807) is 42.6 Å². The number of hydrogen-bond donors (Lipinski definition) is 8. The normalized spacial score (nSPS) is 12.6. The van der Waals surface area contributed by atoms with Crippen LogP contribution in [-0.2, 0) is 54.4 Å². The van der Waals surface area contributed by atoms with E-state index in [1.165, 1.54) is 61.6 Å². The molecule has 0 saturated heterocycles. The van der Waals surface area contributed by atoms with E-state index in [2.05, 4.69) is 30.3 Å². The number of carbonyl (C=O) groups is 2. The molecule has 0 saturated carbocycles. The van der Waals surface area contributed by atoms with Crippen molar-refractivity contribution in [1.29, 1.82) is 0 Å². The number of primary sulfonamides is 2. The van der Waals surface area contributed by atoms with Crippen molar-refractivity contribution in [1.82, 2.24) is 29.3 Å². The zero-order chi connectivity index (χ0) is 70.2. The molecule has 11 N–H and O–H groups in total. The van der Waals surface area contributed by atoms with Crippen LogP contribution in [0, 0.1) is 17.8 Å². The maximum Gasteiger partial charge on any atom is 0.347 e. The lowest BCUT2D eigenvalue weighted by Gasteiger charge is -2.18. The second kappa shape index (κ2) is 32.0. The summed E-state index contributed by atoms with van der Waals surface area (Å²) >= 11 is 23.7. The summed E-state index contributed by atoms with van der Waals surface area (Å²) < 4.78 is 82.7. The average molecular weight is 1540 g/mol. The molecule has 0 radical (unpaired) electrons. The third-order valence-corrected chi connectivity index (χ3v) is 24.0. The first-order valence-corrected chi connectivity index (χ1v) is 38.7. The number of aryl methyl sites for hydroxylation is 3. The third kappa shape index (κ3) is 18.8. The zero-order valence-electron chi connectivity index (χ0n) is 51.0. The highest BCUT2D eigenvalue weighted by atomic mass is 35.5. The van der Waals surface area contributed by atoms with Gasteiger partial charge in [-0.2, -0.15) is 23.7 Å². The maximum atomic E-state index is 13.2. The molecule has 9 aromatic heterocycles. The van der Waals surface area contributed by atoms with Gasteiger partial charge in [0.05, 0.1) is 51.3 Å². The molecule has 10 rings (SSSR count). The highest BCUT2D eigenvalue weighted by molar-refractivity contribution is 7.93. The molecule has 95 heavy (non-hydrogen) atoms. The van der Waals surface area contributed by atoms with Crippen LogP contribution < -0.4 is 43.3 Å². The SMILES string of the molecule is CC(C)CCn1nc(-c2cccs2)c(O)c(C(=O)Nc2cc(Cl)sc2S(N)(=O)=O)c1=O.CC(C)CCn1nc(-c2cccs2)c(O)c(C2=NS(=O)(=O)c3sc(Cl)cc3N2)c1=O.CCOC(=O)c1c(O)c(-c2cccs2)nn(CCC(C)C)c1=O.Nc1cc(Cl)sc1S(N)(=O)=O. The molecule has 27 nitrogen and oxygen atoms in total. The van der Waals surface area contributed by atoms with Gasteiger partial charge < -0.3 is 36.4 Å². The lowest BCUT2D eigenvalue weighted by Crippen LogP contribution is -2.34. The number of aromatic hydroxyl groups is 3. The highest BCUT2D eigenvalue weighted by Crippen LogP contribution is 2.41. The van der Waals surface area contributed by atoms with Gasteiger partial charge in [0.1, 0.15) is 22.6 Å². The van der Waals surface area contributed by atoms with Gasteiger partial charge in [0.2, 0.25) is 20.0 Å². The van der Waals surface area contributed by atoms with Gasteiger partial charge >= 0.3 is 5.97 Å². The maximum absolute atomic E-state index is 13.2. The Kier molecular flexibility index (Phi) is 25.4. The number of rotatable bonds is 19. The van der Waals surface area contributed by atoms with Crippen molar-refractivity contribution in [3.05, 3.63) is 131 Å². The van der Waals surface area contributed by atoms with E-state index in [0.29, 0.717) is 68.1 Å². The van der Waals surface area contributed by atoms with Crippen LogP contribution in [0.15, 0.2) is 102 Å². The minimum absolute atomic E-state index is 0.0385. The van der Waals surface area contributed by atoms with Crippen LogP contribution in [0.1, 0.15) is 94.0 Å². The number of nitrogens with two attached hydrogens (primary N) is 3.